The third kappa shape index (κ3) is 3.03. The van der Waals surface area contributed by atoms with Crippen molar-refractivity contribution in [2.24, 2.45) is 7.05 Å². The quantitative estimate of drug-likeness (QED) is 0.586. The van der Waals surface area contributed by atoms with Gasteiger partial charge in [0.2, 0.25) is 0 Å². The van der Waals surface area contributed by atoms with Crippen LogP contribution in [0.2, 0.25) is 5.02 Å². The molecule has 0 atom stereocenters. The highest BCUT2D eigenvalue weighted by molar-refractivity contribution is 9.10. The Kier molecular flexibility index (Phi) is 4.60. The summed E-state index contributed by atoms with van der Waals surface area (Å²) in [6.07, 6.45) is 0. The summed E-state index contributed by atoms with van der Waals surface area (Å²) < 4.78 is 29.7. The highest BCUT2D eigenvalue weighted by Gasteiger charge is 2.19. The Balaban J connectivity index is 2.16. The average molecular weight is 413 g/mol. The Bertz CT molecular complexity index is 904. The Hall–Kier alpha value is -1.92. The molecule has 0 bridgehead atoms. The number of benzene rings is 2. The molecule has 0 aliphatic rings. The molecule has 0 amide bonds. The molecule has 7 heteroatoms. The largest absolute Gasteiger partial charge is 0.336 e. The predicted molar refractivity (Wildman–Crippen MR) is 95.7 cm³/mol. The van der Waals surface area contributed by atoms with Crippen LogP contribution in [0.3, 0.4) is 0 Å². The lowest BCUT2D eigenvalue weighted by Crippen LogP contribution is -2.02. The Labute approximate surface area is 151 Å². The molecule has 0 aliphatic heterocycles. The molecule has 0 radical (unpaired) electrons. The Morgan fingerprint density at radius 1 is 1.21 bits per heavy atom. The van der Waals surface area contributed by atoms with Crippen molar-refractivity contribution in [1.29, 1.82) is 0 Å². The number of hydrogen-bond acceptors (Lipinski definition) is 2. The van der Waals surface area contributed by atoms with Gasteiger partial charge in [-0.15, -0.1) is 0 Å². The number of halogens is 4. The van der Waals surface area contributed by atoms with Crippen molar-refractivity contribution in [1.82, 2.24) is 9.78 Å². The second-order valence-corrected chi connectivity index (χ2v) is 6.54. The molecule has 2 aromatic carbocycles. The normalized spacial score (nSPS) is 10.9. The summed E-state index contributed by atoms with van der Waals surface area (Å²) in [4.78, 5) is 0. The molecule has 0 aliphatic carbocycles. The first-order chi connectivity index (χ1) is 11.4. The third-order valence-corrected chi connectivity index (χ3v) is 4.60. The van der Waals surface area contributed by atoms with Crippen LogP contribution in [0.5, 0.6) is 0 Å². The van der Waals surface area contributed by atoms with Crippen LogP contribution in [0.4, 0.5) is 20.3 Å². The lowest BCUT2D eigenvalue weighted by molar-refractivity contribution is 0.627. The molecule has 124 valence electrons. The molecule has 3 nitrogen and oxygen atoms in total. The Morgan fingerprint density at radius 2 is 1.96 bits per heavy atom. The molecule has 3 aromatic rings. The van der Waals surface area contributed by atoms with Crippen molar-refractivity contribution in [3.63, 3.8) is 0 Å². The van der Waals surface area contributed by atoms with Crippen LogP contribution in [-0.4, -0.2) is 9.78 Å². The zero-order valence-electron chi connectivity index (χ0n) is 12.9. The maximum Gasteiger partial charge on any atom is 0.148 e. The lowest BCUT2D eigenvalue weighted by atomic mass is 10.1. The molecule has 0 unspecified atom stereocenters. The summed E-state index contributed by atoms with van der Waals surface area (Å²) in [7, 11) is 1.74. The average Bonchev–Trinajstić information content (AvgIpc) is 2.77. The molecule has 3 rings (SSSR count). The van der Waals surface area contributed by atoms with Crippen molar-refractivity contribution in [2.75, 3.05) is 5.32 Å². The highest BCUT2D eigenvalue weighted by atomic mass is 79.9. The monoisotopic (exact) mass is 411 g/mol. The second kappa shape index (κ2) is 6.53. The van der Waals surface area contributed by atoms with Gasteiger partial charge >= 0.3 is 0 Å². The molecule has 0 saturated heterocycles. The smallest absolute Gasteiger partial charge is 0.148 e. The number of anilines is 2. The summed E-state index contributed by atoms with van der Waals surface area (Å²) in [5.74, 6) is -0.254. The molecular formula is C17H13BrClF2N3. The summed E-state index contributed by atoms with van der Waals surface area (Å²) in [5.41, 5.74) is 2.38. The van der Waals surface area contributed by atoms with E-state index in [1.807, 2.05) is 6.92 Å². The SMILES string of the molecule is Cc1nn(C)c(Nc2c(F)cccc2Cl)c1-c1ccc(F)cc1Br. The zero-order valence-corrected chi connectivity index (χ0v) is 15.2. The van der Waals surface area contributed by atoms with E-state index in [0.717, 1.165) is 16.8 Å². The van der Waals surface area contributed by atoms with Crippen LogP contribution in [0.1, 0.15) is 5.69 Å². The zero-order chi connectivity index (χ0) is 17.4. The fourth-order valence-electron chi connectivity index (χ4n) is 2.55. The number of nitrogens with zero attached hydrogens (tertiary/aromatic N) is 2. The first kappa shape index (κ1) is 16.9. The molecule has 1 N–H and O–H groups in total. The van der Waals surface area contributed by atoms with Crippen molar-refractivity contribution < 1.29 is 8.78 Å². The standard InChI is InChI=1S/C17H13BrClF2N3/c1-9-15(11-7-6-10(20)8-12(11)18)17(24(2)23-9)22-16-13(19)4-3-5-14(16)21/h3-8,22H,1-2H3. The van der Waals surface area contributed by atoms with Gasteiger partial charge in [0.05, 0.1) is 16.4 Å². The minimum atomic E-state index is -0.467. The van der Waals surface area contributed by atoms with Gasteiger partial charge in [0, 0.05) is 22.6 Å². The highest BCUT2D eigenvalue weighted by Crippen LogP contribution is 2.39. The summed E-state index contributed by atoms with van der Waals surface area (Å²) >= 11 is 9.47. The van der Waals surface area contributed by atoms with E-state index in [0.29, 0.717) is 10.3 Å². The molecule has 1 aromatic heterocycles. The van der Waals surface area contributed by atoms with Crippen molar-refractivity contribution in [3.05, 3.63) is 63.2 Å². The number of para-hydroxylation sites is 1. The van der Waals surface area contributed by atoms with Gasteiger partial charge in [-0.25, -0.2) is 8.78 Å². The van der Waals surface area contributed by atoms with E-state index >= 15 is 0 Å². The number of aryl methyl sites for hydroxylation is 2. The molecule has 0 saturated carbocycles. The number of rotatable bonds is 3. The predicted octanol–water partition coefficient (Wildman–Crippen LogP) is 5.83. The van der Waals surface area contributed by atoms with Crippen LogP contribution in [0.15, 0.2) is 40.9 Å². The van der Waals surface area contributed by atoms with Crippen molar-refractivity contribution in [3.8, 4) is 11.1 Å². The lowest BCUT2D eigenvalue weighted by Gasteiger charge is -2.13. The van der Waals surface area contributed by atoms with E-state index in [2.05, 4.69) is 26.3 Å². The van der Waals surface area contributed by atoms with E-state index in [9.17, 15) is 8.78 Å². The van der Waals surface area contributed by atoms with Gasteiger partial charge in [-0.1, -0.05) is 39.7 Å². The summed E-state index contributed by atoms with van der Waals surface area (Å²) in [6.45, 7) is 1.83. The number of nitrogens with one attached hydrogen (secondary N) is 1. The van der Waals surface area contributed by atoms with Crippen LogP contribution in [0, 0.1) is 18.6 Å². The Morgan fingerprint density at radius 3 is 2.62 bits per heavy atom. The molecule has 0 fully saturated rings. The summed E-state index contributed by atoms with van der Waals surface area (Å²) in [6, 6.07) is 8.86. The molecule has 24 heavy (non-hydrogen) atoms. The minimum Gasteiger partial charge on any atom is -0.336 e. The fraction of sp³-hybridized carbons (Fsp3) is 0.118. The number of hydrogen-bond donors (Lipinski definition) is 1. The van der Waals surface area contributed by atoms with Gasteiger partial charge in [-0.2, -0.15) is 5.10 Å². The maximum atomic E-state index is 14.1. The van der Waals surface area contributed by atoms with Gasteiger partial charge in [-0.3, -0.25) is 4.68 Å². The van der Waals surface area contributed by atoms with E-state index in [1.165, 1.54) is 24.3 Å². The van der Waals surface area contributed by atoms with Gasteiger partial charge in [0.15, 0.2) is 0 Å². The van der Waals surface area contributed by atoms with Gasteiger partial charge in [0.1, 0.15) is 17.5 Å². The van der Waals surface area contributed by atoms with E-state index in [-0.39, 0.29) is 16.5 Å². The third-order valence-electron chi connectivity index (χ3n) is 3.63. The van der Waals surface area contributed by atoms with Gasteiger partial charge < -0.3 is 5.32 Å². The first-order valence-electron chi connectivity index (χ1n) is 7.08. The second-order valence-electron chi connectivity index (χ2n) is 5.28. The van der Waals surface area contributed by atoms with Crippen LogP contribution < -0.4 is 5.32 Å². The topological polar surface area (TPSA) is 29.9 Å². The van der Waals surface area contributed by atoms with Crippen molar-refractivity contribution in [2.45, 2.75) is 6.92 Å². The van der Waals surface area contributed by atoms with Gasteiger partial charge in [-0.05, 0) is 31.2 Å². The molecular weight excluding hydrogens is 400 g/mol. The fourth-order valence-corrected chi connectivity index (χ4v) is 3.31. The molecule has 0 spiro atoms. The van der Waals surface area contributed by atoms with E-state index in [1.54, 1.807) is 23.9 Å². The number of aromatic nitrogens is 2. The minimum absolute atomic E-state index is 0.168. The van der Waals surface area contributed by atoms with Gasteiger partial charge in [0.25, 0.3) is 0 Å². The van der Waals surface area contributed by atoms with E-state index < -0.39 is 5.82 Å². The van der Waals surface area contributed by atoms with E-state index in [4.69, 9.17) is 11.6 Å². The van der Waals surface area contributed by atoms with Crippen LogP contribution in [0.25, 0.3) is 11.1 Å². The van der Waals surface area contributed by atoms with Crippen LogP contribution >= 0.6 is 27.5 Å². The maximum absolute atomic E-state index is 14.1. The summed E-state index contributed by atoms with van der Waals surface area (Å²) in [5, 5.41) is 7.66. The molecule has 1 heterocycles. The van der Waals surface area contributed by atoms with Crippen LogP contribution in [-0.2, 0) is 7.05 Å². The van der Waals surface area contributed by atoms with Crippen molar-refractivity contribution >= 4 is 39.0 Å². The first-order valence-corrected chi connectivity index (χ1v) is 8.25.